The lowest BCUT2D eigenvalue weighted by molar-refractivity contribution is -0.149. The second kappa shape index (κ2) is 10.4. The molecule has 1 aromatic heterocycles. The first-order valence-corrected chi connectivity index (χ1v) is 11.9. The molecule has 4 rings (SSSR count). The number of benzene rings is 3. The summed E-state index contributed by atoms with van der Waals surface area (Å²) in [4.78, 5) is 14.3. The minimum Gasteiger partial charge on any atom is -0.497 e. The third-order valence-electron chi connectivity index (χ3n) is 5.53. The normalized spacial score (nSPS) is 12.7. The molecule has 172 valence electrons. The maximum absolute atomic E-state index is 13.3. The third-order valence-corrected chi connectivity index (χ3v) is 6.63. The molecular formula is C28H25NO4S. The molecule has 0 bridgehead atoms. The second-order valence-electron chi connectivity index (χ2n) is 8.21. The molecule has 0 fully saturated rings. The number of hydrogen-bond donors (Lipinski definition) is 0. The molecule has 0 spiro atoms. The van der Waals surface area contributed by atoms with E-state index in [0.29, 0.717) is 17.1 Å². The topological polar surface area (TPSA) is 68.5 Å². The number of carbonyl (C=O) groups excluding carboxylic acids is 1. The zero-order valence-corrected chi connectivity index (χ0v) is 20.0. The van der Waals surface area contributed by atoms with Crippen LogP contribution < -0.4 is 9.47 Å². The number of rotatable bonds is 8. The SMILES string of the molecule is COc1ccc2c(C(C(=O)OC(C#N)c3cccc(Oc4ccccc4)c3)C(C)C)scc2c1. The molecule has 1 heterocycles. The Kier molecular flexibility index (Phi) is 7.15. The monoisotopic (exact) mass is 471 g/mol. The summed E-state index contributed by atoms with van der Waals surface area (Å²) >= 11 is 1.52. The van der Waals surface area contributed by atoms with E-state index in [-0.39, 0.29) is 5.92 Å². The third kappa shape index (κ3) is 5.05. The fourth-order valence-electron chi connectivity index (χ4n) is 3.83. The maximum atomic E-state index is 13.3. The van der Waals surface area contributed by atoms with Crippen molar-refractivity contribution in [2.75, 3.05) is 7.11 Å². The van der Waals surface area contributed by atoms with Crippen LogP contribution in [0.25, 0.3) is 10.8 Å². The molecule has 0 aliphatic rings. The van der Waals surface area contributed by atoms with Gasteiger partial charge in [-0.2, -0.15) is 5.26 Å². The lowest BCUT2D eigenvalue weighted by Crippen LogP contribution is -2.22. The minimum absolute atomic E-state index is 0.0106. The van der Waals surface area contributed by atoms with Gasteiger partial charge in [-0.25, -0.2) is 0 Å². The van der Waals surface area contributed by atoms with Gasteiger partial charge in [0, 0.05) is 10.4 Å². The molecule has 2 unspecified atom stereocenters. The zero-order valence-electron chi connectivity index (χ0n) is 19.2. The molecule has 0 amide bonds. The average Bonchev–Trinajstić information content (AvgIpc) is 3.25. The molecule has 5 nitrogen and oxygen atoms in total. The number of hydrogen-bond acceptors (Lipinski definition) is 6. The van der Waals surface area contributed by atoms with E-state index in [9.17, 15) is 10.1 Å². The van der Waals surface area contributed by atoms with E-state index in [0.717, 1.165) is 21.4 Å². The highest BCUT2D eigenvalue weighted by Crippen LogP contribution is 2.39. The Bertz CT molecular complexity index is 1320. The van der Waals surface area contributed by atoms with Crippen molar-refractivity contribution >= 4 is 28.1 Å². The van der Waals surface area contributed by atoms with Crippen LogP contribution in [0.1, 0.15) is 36.3 Å². The number of nitrogens with zero attached hydrogens (tertiary/aromatic N) is 1. The van der Waals surface area contributed by atoms with Crippen LogP contribution in [0.5, 0.6) is 17.2 Å². The van der Waals surface area contributed by atoms with Crippen molar-refractivity contribution in [2.45, 2.75) is 25.9 Å². The quantitative estimate of drug-likeness (QED) is 0.253. The molecule has 0 aliphatic carbocycles. The van der Waals surface area contributed by atoms with E-state index in [4.69, 9.17) is 14.2 Å². The van der Waals surface area contributed by atoms with Gasteiger partial charge in [-0.05, 0) is 64.5 Å². The highest BCUT2D eigenvalue weighted by Gasteiger charge is 2.31. The molecule has 6 heteroatoms. The molecule has 0 saturated carbocycles. The summed E-state index contributed by atoms with van der Waals surface area (Å²) in [6.45, 7) is 3.97. The van der Waals surface area contributed by atoms with Gasteiger partial charge in [-0.1, -0.05) is 44.2 Å². The molecule has 0 aliphatic heterocycles. The van der Waals surface area contributed by atoms with Crippen LogP contribution in [-0.4, -0.2) is 13.1 Å². The Balaban J connectivity index is 1.57. The first-order chi connectivity index (χ1) is 16.5. The Morgan fingerprint density at radius 1 is 0.941 bits per heavy atom. The molecule has 2 atom stereocenters. The average molecular weight is 472 g/mol. The number of methoxy groups -OCH3 is 1. The van der Waals surface area contributed by atoms with Crippen molar-refractivity contribution in [2.24, 2.45) is 5.92 Å². The predicted molar refractivity (Wildman–Crippen MR) is 133 cm³/mol. The van der Waals surface area contributed by atoms with Crippen molar-refractivity contribution in [1.82, 2.24) is 0 Å². The van der Waals surface area contributed by atoms with E-state index in [1.54, 1.807) is 31.4 Å². The van der Waals surface area contributed by atoms with Gasteiger partial charge in [-0.15, -0.1) is 11.3 Å². The van der Waals surface area contributed by atoms with Gasteiger partial charge in [0.2, 0.25) is 6.10 Å². The fourth-order valence-corrected chi connectivity index (χ4v) is 5.10. The van der Waals surface area contributed by atoms with E-state index in [1.165, 1.54) is 11.3 Å². The summed E-state index contributed by atoms with van der Waals surface area (Å²) in [7, 11) is 1.63. The van der Waals surface area contributed by atoms with Crippen LogP contribution in [0.3, 0.4) is 0 Å². The molecule has 34 heavy (non-hydrogen) atoms. The number of nitriles is 1. The summed E-state index contributed by atoms with van der Waals surface area (Å²) in [5.74, 6) is 1.10. The number of para-hydroxylation sites is 1. The lowest BCUT2D eigenvalue weighted by Gasteiger charge is -2.21. The van der Waals surface area contributed by atoms with Gasteiger partial charge < -0.3 is 14.2 Å². The molecule has 0 saturated heterocycles. The van der Waals surface area contributed by atoms with Crippen LogP contribution in [0.15, 0.2) is 78.2 Å². The van der Waals surface area contributed by atoms with E-state index >= 15 is 0 Å². The van der Waals surface area contributed by atoms with Crippen molar-refractivity contribution in [1.29, 1.82) is 5.26 Å². The summed E-state index contributed by atoms with van der Waals surface area (Å²) < 4.78 is 16.9. The first-order valence-electron chi connectivity index (χ1n) is 11.0. The largest absolute Gasteiger partial charge is 0.497 e. The standard InChI is InChI=1S/C28H25NO4S/c1-18(2)26(27-24-13-12-22(31-3)15-20(24)17-34-27)28(30)33-25(16-29)19-8-7-11-23(14-19)32-21-9-5-4-6-10-21/h4-15,17-18,25-26H,1-3H3. The summed E-state index contributed by atoms with van der Waals surface area (Å²) in [6, 6.07) is 24.4. The van der Waals surface area contributed by atoms with E-state index < -0.39 is 18.0 Å². The summed E-state index contributed by atoms with van der Waals surface area (Å²) in [5, 5.41) is 13.8. The Morgan fingerprint density at radius 3 is 2.41 bits per heavy atom. The van der Waals surface area contributed by atoms with Gasteiger partial charge in [0.05, 0.1) is 13.0 Å². The number of ether oxygens (including phenoxy) is 3. The van der Waals surface area contributed by atoms with Gasteiger partial charge in [0.15, 0.2) is 0 Å². The van der Waals surface area contributed by atoms with Crippen LogP contribution >= 0.6 is 11.3 Å². The van der Waals surface area contributed by atoms with Crippen LogP contribution in [0.2, 0.25) is 0 Å². The smallest absolute Gasteiger partial charge is 0.316 e. The first kappa shape index (κ1) is 23.3. The molecule has 0 N–H and O–H groups in total. The molecule has 0 radical (unpaired) electrons. The van der Waals surface area contributed by atoms with E-state index in [1.807, 2.05) is 67.8 Å². The number of fused-ring (bicyclic) bond motifs is 1. The maximum Gasteiger partial charge on any atom is 0.316 e. The van der Waals surface area contributed by atoms with Crippen molar-refractivity contribution in [3.63, 3.8) is 0 Å². The Labute approximate surface area is 203 Å². The summed E-state index contributed by atoms with van der Waals surface area (Å²) in [6.07, 6.45) is -1.04. The summed E-state index contributed by atoms with van der Waals surface area (Å²) in [5.41, 5.74) is 0.563. The van der Waals surface area contributed by atoms with Crippen LogP contribution in [0.4, 0.5) is 0 Å². The van der Waals surface area contributed by atoms with Gasteiger partial charge in [-0.3, -0.25) is 4.79 Å². The minimum atomic E-state index is -1.04. The lowest BCUT2D eigenvalue weighted by atomic mass is 9.92. The van der Waals surface area contributed by atoms with Gasteiger partial charge in [0.1, 0.15) is 23.3 Å². The van der Waals surface area contributed by atoms with Crippen LogP contribution in [-0.2, 0) is 9.53 Å². The number of thiophene rings is 1. The number of carbonyl (C=O) groups is 1. The molecular weight excluding hydrogens is 446 g/mol. The van der Waals surface area contributed by atoms with Gasteiger partial charge in [0.25, 0.3) is 0 Å². The molecule has 4 aromatic rings. The number of esters is 1. The zero-order chi connectivity index (χ0) is 24.1. The van der Waals surface area contributed by atoms with Crippen molar-refractivity contribution in [3.8, 4) is 23.3 Å². The highest BCUT2D eigenvalue weighted by molar-refractivity contribution is 7.11. The van der Waals surface area contributed by atoms with Crippen LogP contribution in [0, 0.1) is 17.2 Å². The Hall–Kier alpha value is -3.82. The predicted octanol–water partition coefficient (Wildman–Crippen LogP) is 7.25. The fraction of sp³-hybridized carbons (Fsp3) is 0.214. The van der Waals surface area contributed by atoms with Gasteiger partial charge >= 0.3 is 5.97 Å². The van der Waals surface area contributed by atoms with Crippen molar-refractivity contribution < 1.29 is 19.0 Å². The van der Waals surface area contributed by atoms with Crippen molar-refractivity contribution in [3.05, 3.63) is 88.6 Å². The Morgan fingerprint density at radius 2 is 1.71 bits per heavy atom. The molecule has 3 aromatic carbocycles. The van der Waals surface area contributed by atoms with E-state index in [2.05, 4.69) is 6.07 Å². The second-order valence-corrected chi connectivity index (χ2v) is 9.12. The highest BCUT2D eigenvalue weighted by atomic mass is 32.1.